The van der Waals surface area contributed by atoms with Crippen LogP contribution in [0.25, 0.3) is 0 Å². The average molecular weight is 260 g/mol. The van der Waals surface area contributed by atoms with Crippen molar-refractivity contribution in [3.8, 4) is 0 Å². The Morgan fingerprint density at radius 3 is 2.78 bits per heavy atom. The number of nitrogens with two attached hydrogens (primary N) is 1. The molecule has 2 rings (SSSR count). The lowest BCUT2D eigenvalue weighted by atomic mass is 10.1. The zero-order valence-corrected chi connectivity index (χ0v) is 11.8. The van der Waals surface area contributed by atoms with Gasteiger partial charge in [0.2, 0.25) is 0 Å². The van der Waals surface area contributed by atoms with Gasteiger partial charge in [-0.2, -0.15) is 0 Å². The van der Waals surface area contributed by atoms with Gasteiger partial charge in [-0.3, -0.25) is 4.90 Å². The van der Waals surface area contributed by atoms with E-state index >= 15 is 0 Å². The molecule has 2 nitrogen and oxygen atoms in total. The minimum absolute atomic E-state index is 0.397. The Labute approximate surface area is 113 Å². The highest BCUT2D eigenvalue weighted by atomic mass is 32.1. The van der Waals surface area contributed by atoms with E-state index in [4.69, 9.17) is 5.73 Å². The first kappa shape index (κ1) is 13.1. The summed E-state index contributed by atoms with van der Waals surface area (Å²) in [7, 11) is 2.17. The SMILES string of the molecule is CC(c1cccc(N)c1)N(C)CCc1cccs1. The number of hydrogen-bond acceptors (Lipinski definition) is 3. The number of nitrogens with zero attached hydrogens (tertiary/aromatic N) is 1. The first-order valence-electron chi connectivity index (χ1n) is 6.25. The van der Waals surface area contributed by atoms with Crippen LogP contribution in [-0.2, 0) is 6.42 Å². The first-order chi connectivity index (χ1) is 8.66. The minimum atomic E-state index is 0.397. The molecule has 18 heavy (non-hydrogen) atoms. The Kier molecular flexibility index (Phi) is 4.39. The molecule has 0 amide bonds. The van der Waals surface area contributed by atoms with Crippen LogP contribution in [0, 0.1) is 0 Å². The highest BCUT2D eigenvalue weighted by molar-refractivity contribution is 7.09. The Hall–Kier alpha value is -1.32. The highest BCUT2D eigenvalue weighted by Crippen LogP contribution is 2.21. The second-order valence-corrected chi connectivity index (χ2v) is 5.69. The summed E-state index contributed by atoms with van der Waals surface area (Å²) in [5, 5.41) is 2.14. The lowest BCUT2D eigenvalue weighted by Crippen LogP contribution is -2.24. The fourth-order valence-corrected chi connectivity index (χ4v) is 2.71. The third kappa shape index (κ3) is 3.34. The van der Waals surface area contributed by atoms with E-state index in [2.05, 4.69) is 48.5 Å². The van der Waals surface area contributed by atoms with E-state index < -0.39 is 0 Å². The van der Waals surface area contributed by atoms with Crippen LogP contribution in [0.3, 0.4) is 0 Å². The monoisotopic (exact) mass is 260 g/mol. The highest BCUT2D eigenvalue weighted by Gasteiger charge is 2.11. The molecule has 0 spiro atoms. The molecule has 1 aromatic heterocycles. The second kappa shape index (κ2) is 6.03. The predicted octanol–water partition coefficient (Wildman–Crippen LogP) is 3.57. The molecule has 96 valence electrons. The van der Waals surface area contributed by atoms with Crippen molar-refractivity contribution >= 4 is 17.0 Å². The Morgan fingerprint density at radius 1 is 1.28 bits per heavy atom. The van der Waals surface area contributed by atoms with Gasteiger partial charge >= 0.3 is 0 Å². The second-order valence-electron chi connectivity index (χ2n) is 4.66. The smallest absolute Gasteiger partial charge is 0.0317 e. The molecule has 0 saturated carbocycles. The maximum absolute atomic E-state index is 5.83. The fourth-order valence-electron chi connectivity index (χ4n) is 2.01. The largest absolute Gasteiger partial charge is 0.399 e. The Bertz CT molecular complexity index is 479. The van der Waals surface area contributed by atoms with Crippen LogP contribution in [0.15, 0.2) is 41.8 Å². The van der Waals surface area contributed by atoms with Crippen LogP contribution >= 0.6 is 11.3 Å². The van der Waals surface area contributed by atoms with Crippen molar-refractivity contribution < 1.29 is 0 Å². The molecule has 2 aromatic rings. The van der Waals surface area contributed by atoms with Gasteiger partial charge in [-0.05, 0) is 49.5 Å². The summed E-state index contributed by atoms with van der Waals surface area (Å²) in [4.78, 5) is 3.82. The molecular weight excluding hydrogens is 240 g/mol. The molecule has 1 unspecified atom stereocenters. The van der Waals surface area contributed by atoms with E-state index in [1.807, 2.05) is 23.5 Å². The summed E-state index contributed by atoms with van der Waals surface area (Å²) in [6.07, 6.45) is 1.11. The predicted molar refractivity (Wildman–Crippen MR) is 79.9 cm³/mol. The maximum Gasteiger partial charge on any atom is 0.0317 e. The standard InChI is InChI=1S/C15H20N2S/c1-12(13-5-3-6-14(16)11-13)17(2)9-8-15-7-4-10-18-15/h3-7,10-12H,8-9,16H2,1-2H3. The molecule has 1 heterocycles. The molecule has 1 atom stereocenters. The third-order valence-corrected chi connectivity index (χ3v) is 4.28. The van der Waals surface area contributed by atoms with Crippen LogP contribution < -0.4 is 5.73 Å². The molecule has 0 bridgehead atoms. The third-order valence-electron chi connectivity index (χ3n) is 3.35. The molecule has 0 aliphatic rings. The summed E-state index contributed by atoms with van der Waals surface area (Å²) in [6, 6.07) is 12.9. The van der Waals surface area contributed by atoms with Crippen LogP contribution in [0.5, 0.6) is 0 Å². The summed E-state index contributed by atoms with van der Waals surface area (Å²) in [5.74, 6) is 0. The van der Waals surface area contributed by atoms with Gasteiger partial charge in [0.1, 0.15) is 0 Å². The van der Waals surface area contributed by atoms with E-state index in [1.165, 1.54) is 10.4 Å². The van der Waals surface area contributed by atoms with E-state index in [1.54, 1.807) is 0 Å². The number of nitrogen functional groups attached to an aromatic ring is 1. The minimum Gasteiger partial charge on any atom is -0.399 e. The molecule has 3 heteroatoms. The number of hydrogen-bond donors (Lipinski definition) is 1. The number of likely N-dealkylation sites (N-methyl/N-ethyl adjacent to an activating group) is 1. The van der Waals surface area contributed by atoms with Gasteiger partial charge < -0.3 is 5.73 Å². The van der Waals surface area contributed by atoms with Gasteiger partial charge in [0, 0.05) is 23.2 Å². The van der Waals surface area contributed by atoms with Crippen LogP contribution in [0.2, 0.25) is 0 Å². The quantitative estimate of drug-likeness (QED) is 0.833. The number of thiophene rings is 1. The van der Waals surface area contributed by atoms with Gasteiger partial charge in [0.15, 0.2) is 0 Å². The molecule has 1 aromatic carbocycles. The fraction of sp³-hybridized carbons (Fsp3) is 0.333. The molecule has 2 N–H and O–H groups in total. The normalized spacial score (nSPS) is 12.8. The van der Waals surface area contributed by atoms with Gasteiger partial charge in [-0.15, -0.1) is 11.3 Å². The van der Waals surface area contributed by atoms with Crippen molar-refractivity contribution in [1.29, 1.82) is 0 Å². The molecular formula is C15H20N2S. The molecule has 0 saturated heterocycles. The van der Waals surface area contributed by atoms with Crippen molar-refractivity contribution in [2.24, 2.45) is 0 Å². The average Bonchev–Trinajstić information content (AvgIpc) is 2.88. The topological polar surface area (TPSA) is 29.3 Å². The molecule has 0 radical (unpaired) electrons. The zero-order chi connectivity index (χ0) is 13.0. The Morgan fingerprint density at radius 2 is 2.11 bits per heavy atom. The first-order valence-corrected chi connectivity index (χ1v) is 7.13. The van der Waals surface area contributed by atoms with Crippen LogP contribution in [-0.4, -0.2) is 18.5 Å². The van der Waals surface area contributed by atoms with Crippen molar-refractivity contribution in [1.82, 2.24) is 4.90 Å². The lowest BCUT2D eigenvalue weighted by molar-refractivity contribution is 0.265. The van der Waals surface area contributed by atoms with Crippen molar-refractivity contribution in [3.05, 3.63) is 52.2 Å². The number of anilines is 1. The summed E-state index contributed by atoms with van der Waals surface area (Å²) in [6.45, 7) is 3.29. The van der Waals surface area contributed by atoms with E-state index in [0.29, 0.717) is 6.04 Å². The van der Waals surface area contributed by atoms with Crippen molar-refractivity contribution in [2.75, 3.05) is 19.3 Å². The molecule has 0 aliphatic carbocycles. The summed E-state index contributed by atoms with van der Waals surface area (Å²) < 4.78 is 0. The molecule has 0 fully saturated rings. The van der Waals surface area contributed by atoms with Crippen LogP contribution in [0.1, 0.15) is 23.4 Å². The summed E-state index contributed by atoms with van der Waals surface area (Å²) >= 11 is 1.83. The van der Waals surface area contributed by atoms with Crippen LogP contribution in [0.4, 0.5) is 5.69 Å². The van der Waals surface area contributed by atoms with E-state index in [9.17, 15) is 0 Å². The van der Waals surface area contributed by atoms with E-state index in [-0.39, 0.29) is 0 Å². The summed E-state index contributed by atoms with van der Waals surface area (Å²) in [5.41, 5.74) is 7.95. The number of rotatable bonds is 5. The van der Waals surface area contributed by atoms with Gasteiger partial charge in [-0.1, -0.05) is 18.2 Å². The Balaban J connectivity index is 1.94. The van der Waals surface area contributed by atoms with Gasteiger partial charge in [0.25, 0.3) is 0 Å². The van der Waals surface area contributed by atoms with Crippen molar-refractivity contribution in [3.63, 3.8) is 0 Å². The maximum atomic E-state index is 5.83. The lowest BCUT2D eigenvalue weighted by Gasteiger charge is -2.25. The van der Waals surface area contributed by atoms with E-state index in [0.717, 1.165) is 18.7 Å². The zero-order valence-electron chi connectivity index (χ0n) is 11.0. The van der Waals surface area contributed by atoms with Gasteiger partial charge in [0.05, 0.1) is 0 Å². The van der Waals surface area contributed by atoms with Crippen molar-refractivity contribution in [2.45, 2.75) is 19.4 Å². The molecule has 0 aliphatic heterocycles. The number of benzene rings is 1. The van der Waals surface area contributed by atoms with Gasteiger partial charge in [-0.25, -0.2) is 0 Å².